The summed E-state index contributed by atoms with van der Waals surface area (Å²) in [5.41, 5.74) is 0. The highest BCUT2D eigenvalue weighted by Gasteiger charge is 2.17. The van der Waals surface area contributed by atoms with Crippen LogP contribution in [0.5, 0.6) is 0 Å². The van der Waals surface area contributed by atoms with Crippen LogP contribution >= 0.6 is 0 Å². The number of hydrogen-bond donors (Lipinski definition) is 0. The number of hydrogen-bond acceptors (Lipinski definition) is 3. The molecule has 0 fully saturated rings. The van der Waals surface area contributed by atoms with E-state index in [1.165, 1.54) is 0 Å². The van der Waals surface area contributed by atoms with Crippen molar-refractivity contribution in [3.63, 3.8) is 0 Å². The van der Waals surface area contributed by atoms with Gasteiger partial charge in [0.2, 0.25) is 0 Å². The van der Waals surface area contributed by atoms with Crippen LogP contribution in [-0.2, 0) is 9.84 Å². The highest BCUT2D eigenvalue weighted by Crippen LogP contribution is 2.04. The lowest BCUT2D eigenvalue weighted by Gasteiger charge is -2.05. The summed E-state index contributed by atoms with van der Waals surface area (Å²) >= 11 is 0. The van der Waals surface area contributed by atoms with Gasteiger partial charge in [0.25, 0.3) is 0 Å². The van der Waals surface area contributed by atoms with Crippen molar-refractivity contribution in [3.8, 4) is 6.07 Å². The molecule has 0 aromatic carbocycles. The van der Waals surface area contributed by atoms with Crippen molar-refractivity contribution in [2.75, 3.05) is 5.75 Å². The highest BCUT2D eigenvalue weighted by molar-refractivity contribution is 7.92. The first kappa shape index (κ1) is 9.44. The predicted molar refractivity (Wildman–Crippen MR) is 39.2 cm³/mol. The van der Waals surface area contributed by atoms with Crippen LogP contribution in [0.2, 0.25) is 0 Å². The van der Waals surface area contributed by atoms with Crippen LogP contribution in [0.1, 0.15) is 20.3 Å². The second-order valence-corrected chi connectivity index (χ2v) is 4.60. The molecule has 3 nitrogen and oxygen atoms in total. The quantitative estimate of drug-likeness (QED) is 0.613. The minimum atomic E-state index is -3.12. The van der Waals surface area contributed by atoms with E-state index in [-0.39, 0.29) is 11.0 Å². The van der Waals surface area contributed by atoms with Crippen LogP contribution in [0, 0.1) is 11.3 Å². The van der Waals surface area contributed by atoms with Crippen molar-refractivity contribution in [1.29, 1.82) is 5.26 Å². The van der Waals surface area contributed by atoms with E-state index in [9.17, 15) is 8.42 Å². The van der Waals surface area contributed by atoms with Crippen molar-refractivity contribution in [3.05, 3.63) is 0 Å². The van der Waals surface area contributed by atoms with Gasteiger partial charge in [-0.05, 0) is 13.3 Å². The molecule has 0 rings (SSSR count). The Labute approximate surface area is 61.6 Å². The fourth-order valence-electron chi connectivity index (χ4n) is 0.486. The largest absolute Gasteiger partial charge is 0.227 e. The van der Waals surface area contributed by atoms with Gasteiger partial charge in [0, 0.05) is 0 Å². The first-order valence-corrected chi connectivity index (χ1v) is 4.84. The summed E-state index contributed by atoms with van der Waals surface area (Å²) < 4.78 is 21.9. The van der Waals surface area contributed by atoms with Crippen LogP contribution in [0.15, 0.2) is 0 Å². The second-order valence-electron chi connectivity index (χ2n) is 2.18. The molecule has 0 aliphatic heterocycles. The van der Waals surface area contributed by atoms with E-state index in [2.05, 4.69) is 0 Å². The zero-order chi connectivity index (χ0) is 8.20. The smallest absolute Gasteiger partial charge is 0.166 e. The average Bonchev–Trinajstić information content (AvgIpc) is 1.86. The van der Waals surface area contributed by atoms with Gasteiger partial charge in [0.05, 0.1) is 11.3 Å². The maximum absolute atomic E-state index is 10.9. The van der Waals surface area contributed by atoms with E-state index in [0.29, 0.717) is 6.42 Å². The molecule has 0 radical (unpaired) electrons. The fourth-order valence-corrected chi connectivity index (χ4v) is 1.46. The summed E-state index contributed by atoms with van der Waals surface area (Å²) in [6.07, 6.45) is 0.573. The molecule has 0 unspecified atom stereocenters. The van der Waals surface area contributed by atoms with Gasteiger partial charge in [0.15, 0.2) is 9.84 Å². The topological polar surface area (TPSA) is 57.9 Å². The zero-order valence-corrected chi connectivity index (χ0v) is 6.98. The lowest BCUT2D eigenvalue weighted by atomic mass is 10.4. The number of rotatable bonds is 3. The van der Waals surface area contributed by atoms with Gasteiger partial charge in [-0.15, -0.1) is 0 Å². The minimum absolute atomic E-state index is 0.359. The van der Waals surface area contributed by atoms with Gasteiger partial charge in [-0.2, -0.15) is 5.26 Å². The van der Waals surface area contributed by atoms with Gasteiger partial charge in [-0.3, -0.25) is 0 Å². The zero-order valence-electron chi connectivity index (χ0n) is 6.16. The summed E-state index contributed by atoms with van der Waals surface area (Å²) in [6, 6.07) is 1.64. The molecule has 0 aromatic rings. The third-order valence-corrected chi connectivity index (χ3v) is 3.54. The lowest BCUT2D eigenvalue weighted by Crippen LogP contribution is -2.19. The summed E-state index contributed by atoms with van der Waals surface area (Å²) in [4.78, 5) is 0. The molecule has 4 heteroatoms. The third kappa shape index (κ3) is 2.36. The number of sulfone groups is 1. The Bertz CT molecular complexity index is 225. The Hall–Kier alpha value is -0.560. The molecular formula is C6H11NO2S. The maximum atomic E-state index is 10.9. The second kappa shape index (κ2) is 3.57. The Morgan fingerprint density at radius 3 is 2.40 bits per heavy atom. The molecule has 0 aliphatic carbocycles. The molecule has 0 aliphatic rings. The van der Waals surface area contributed by atoms with Gasteiger partial charge in [-0.25, -0.2) is 8.42 Å². The molecule has 0 N–H and O–H groups in total. The molecule has 0 bridgehead atoms. The summed E-state index contributed by atoms with van der Waals surface area (Å²) in [5.74, 6) is -0.359. The molecule has 0 amide bonds. The highest BCUT2D eigenvalue weighted by atomic mass is 32.2. The Morgan fingerprint density at radius 2 is 2.10 bits per heavy atom. The molecule has 0 aromatic heterocycles. The summed E-state index contributed by atoms with van der Waals surface area (Å²) in [7, 11) is -3.12. The van der Waals surface area contributed by atoms with Gasteiger partial charge in [0.1, 0.15) is 5.75 Å². The molecular weight excluding hydrogens is 150 g/mol. The lowest BCUT2D eigenvalue weighted by molar-refractivity contribution is 0.584. The van der Waals surface area contributed by atoms with Crippen molar-refractivity contribution in [2.24, 2.45) is 0 Å². The average molecular weight is 161 g/mol. The van der Waals surface area contributed by atoms with E-state index in [4.69, 9.17) is 5.26 Å². The third-order valence-electron chi connectivity index (χ3n) is 1.45. The van der Waals surface area contributed by atoms with Gasteiger partial charge in [-0.1, -0.05) is 6.92 Å². The Morgan fingerprint density at radius 1 is 1.60 bits per heavy atom. The molecule has 0 saturated heterocycles. The van der Waals surface area contributed by atoms with Crippen LogP contribution in [0.4, 0.5) is 0 Å². The normalized spacial score (nSPS) is 14.1. The van der Waals surface area contributed by atoms with Crippen molar-refractivity contribution >= 4 is 9.84 Å². The van der Waals surface area contributed by atoms with Crippen LogP contribution in [-0.4, -0.2) is 19.4 Å². The number of nitriles is 1. The van der Waals surface area contributed by atoms with Crippen LogP contribution < -0.4 is 0 Å². The monoisotopic (exact) mass is 161 g/mol. The minimum Gasteiger partial charge on any atom is -0.227 e. The maximum Gasteiger partial charge on any atom is 0.166 e. The first-order valence-electron chi connectivity index (χ1n) is 3.13. The molecule has 58 valence electrons. The molecule has 0 spiro atoms. The van der Waals surface area contributed by atoms with E-state index >= 15 is 0 Å². The molecule has 0 heterocycles. The van der Waals surface area contributed by atoms with Gasteiger partial charge >= 0.3 is 0 Å². The van der Waals surface area contributed by atoms with Crippen LogP contribution in [0.25, 0.3) is 0 Å². The predicted octanol–water partition coefficient (Wildman–Crippen LogP) is 0.723. The molecule has 1 atom stereocenters. The van der Waals surface area contributed by atoms with Crippen molar-refractivity contribution in [2.45, 2.75) is 25.5 Å². The van der Waals surface area contributed by atoms with E-state index < -0.39 is 9.84 Å². The Balaban J connectivity index is 4.30. The SMILES string of the molecule is CC[C@@H](C)S(=O)(=O)CC#N. The van der Waals surface area contributed by atoms with Crippen molar-refractivity contribution in [1.82, 2.24) is 0 Å². The van der Waals surface area contributed by atoms with Crippen LogP contribution in [0.3, 0.4) is 0 Å². The summed E-state index contributed by atoms with van der Waals surface area (Å²) in [6.45, 7) is 3.41. The first-order chi connectivity index (χ1) is 4.54. The van der Waals surface area contributed by atoms with E-state index in [1.54, 1.807) is 19.9 Å². The number of nitrogens with zero attached hydrogens (tertiary/aromatic N) is 1. The summed E-state index contributed by atoms with van der Waals surface area (Å²) in [5, 5.41) is 7.73. The molecule has 10 heavy (non-hydrogen) atoms. The molecule has 0 saturated carbocycles. The van der Waals surface area contributed by atoms with E-state index in [1.807, 2.05) is 0 Å². The van der Waals surface area contributed by atoms with E-state index in [0.717, 1.165) is 0 Å². The Kier molecular flexibility index (Phi) is 3.37. The van der Waals surface area contributed by atoms with Crippen molar-refractivity contribution < 1.29 is 8.42 Å². The fraction of sp³-hybridized carbons (Fsp3) is 0.833. The standard InChI is InChI=1S/C6H11NO2S/c1-3-6(2)10(8,9)5-4-7/h6H,3,5H2,1-2H3/t6-/m1/s1. The van der Waals surface area contributed by atoms with Gasteiger partial charge < -0.3 is 0 Å².